The molecular weight excluding hydrogens is 284 g/mol. The van der Waals surface area contributed by atoms with Gasteiger partial charge in [0.25, 0.3) is 0 Å². The van der Waals surface area contributed by atoms with Crippen molar-refractivity contribution in [2.45, 2.75) is 90.3 Å². The third-order valence-corrected chi connectivity index (χ3v) is 9.15. The van der Waals surface area contributed by atoms with Gasteiger partial charge in [-0.3, -0.25) is 0 Å². The average Bonchev–Trinajstić information content (AvgIpc) is 2.84. The Balaban J connectivity index is 1.60. The molecular formula is C21H36O2. The molecule has 0 spiro atoms. The van der Waals surface area contributed by atoms with E-state index in [2.05, 4.69) is 20.8 Å². The molecule has 0 amide bonds. The standard InChI is InChI=1S/C21H36O2/c1-19(22)11-12-20(2)14(13-19)5-6-15-16-7-8-18(23-4)21(16,3)10-9-17(15)20/h14-18,22H,5-13H2,1-4H3/t14?,15-,16-,17+,18?,19?,20-,21-/m0/s1. The highest BCUT2D eigenvalue weighted by Crippen LogP contribution is 2.67. The minimum atomic E-state index is -0.408. The highest BCUT2D eigenvalue weighted by molar-refractivity contribution is 5.10. The average molecular weight is 321 g/mol. The van der Waals surface area contributed by atoms with E-state index in [-0.39, 0.29) is 0 Å². The topological polar surface area (TPSA) is 29.5 Å². The van der Waals surface area contributed by atoms with Gasteiger partial charge in [0.05, 0.1) is 11.7 Å². The second kappa shape index (κ2) is 5.21. The van der Waals surface area contributed by atoms with Crippen LogP contribution >= 0.6 is 0 Å². The summed E-state index contributed by atoms with van der Waals surface area (Å²) in [5.74, 6) is 3.44. The number of fused-ring (bicyclic) bond motifs is 5. The third kappa shape index (κ3) is 2.27. The minimum Gasteiger partial charge on any atom is -0.390 e. The molecule has 8 atom stereocenters. The van der Waals surface area contributed by atoms with Crippen molar-refractivity contribution in [3.63, 3.8) is 0 Å². The summed E-state index contributed by atoms with van der Waals surface area (Å²) >= 11 is 0. The number of aliphatic hydroxyl groups is 1. The van der Waals surface area contributed by atoms with Crippen LogP contribution in [0.3, 0.4) is 0 Å². The summed E-state index contributed by atoms with van der Waals surface area (Å²) in [6.45, 7) is 7.17. The lowest BCUT2D eigenvalue weighted by Crippen LogP contribution is -2.55. The van der Waals surface area contributed by atoms with Gasteiger partial charge in [0, 0.05) is 7.11 Å². The van der Waals surface area contributed by atoms with Crippen LogP contribution in [0.5, 0.6) is 0 Å². The van der Waals surface area contributed by atoms with Gasteiger partial charge >= 0.3 is 0 Å². The molecule has 0 aliphatic heterocycles. The Morgan fingerprint density at radius 2 is 1.57 bits per heavy atom. The monoisotopic (exact) mass is 320 g/mol. The van der Waals surface area contributed by atoms with Crippen molar-refractivity contribution < 1.29 is 9.84 Å². The van der Waals surface area contributed by atoms with Crippen molar-refractivity contribution in [3.8, 4) is 0 Å². The van der Waals surface area contributed by atoms with Crippen LogP contribution in [0.4, 0.5) is 0 Å². The first kappa shape index (κ1) is 16.4. The second-order valence-corrected chi connectivity index (χ2v) is 10.2. The number of rotatable bonds is 1. The third-order valence-electron chi connectivity index (χ3n) is 9.15. The molecule has 0 aromatic rings. The molecule has 0 heterocycles. The molecule has 4 aliphatic rings. The Morgan fingerprint density at radius 1 is 0.826 bits per heavy atom. The zero-order valence-electron chi connectivity index (χ0n) is 15.6. The normalized spacial score (nSPS) is 59.1. The molecule has 1 N–H and O–H groups in total. The van der Waals surface area contributed by atoms with E-state index < -0.39 is 5.60 Å². The summed E-state index contributed by atoms with van der Waals surface area (Å²) in [5, 5.41) is 10.6. The van der Waals surface area contributed by atoms with E-state index >= 15 is 0 Å². The first-order chi connectivity index (χ1) is 10.8. The number of methoxy groups -OCH3 is 1. The van der Waals surface area contributed by atoms with Gasteiger partial charge in [-0.2, -0.15) is 0 Å². The first-order valence-electron chi connectivity index (χ1n) is 10.1. The Morgan fingerprint density at radius 3 is 2.30 bits per heavy atom. The summed E-state index contributed by atoms with van der Waals surface area (Å²) in [6, 6.07) is 0. The first-order valence-corrected chi connectivity index (χ1v) is 10.1. The number of hydrogen-bond acceptors (Lipinski definition) is 2. The van der Waals surface area contributed by atoms with Gasteiger partial charge in [0.15, 0.2) is 0 Å². The van der Waals surface area contributed by atoms with E-state index in [4.69, 9.17) is 4.74 Å². The van der Waals surface area contributed by atoms with Crippen molar-refractivity contribution in [3.05, 3.63) is 0 Å². The molecule has 4 aliphatic carbocycles. The lowest BCUT2D eigenvalue weighted by atomic mass is 9.44. The molecule has 0 aromatic heterocycles. The van der Waals surface area contributed by atoms with Gasteiger partial charge in [0.1, 0.15) is 0 Å². The smallest absolute Gasteiger partial charge is 0.0627 e. The molecule has 132 valence electrons. The summed E-state index contributed by atoms with van der Waals surface area (Å²) in [7, 11) is 1.92. The maximum Gasteiger partial charge on any atom is 0.0627 e. The lowest BCUT2D eigenvalue weighted by molar-refractivity contribution is -0.153. The van der Waals surface area contributed by atoms with E-state index in [0.717, 1.165) is 36.5 Å². The van der Waals surface area contributed by atoms with E-state index in [9.17, 15) is 5.11 Å². The number of hydrogen-bond donors (Lipinski definition) is 1. The van der Waals surface area contributed by atoms with E-state index in [1.807, 2.05) is 7.11 Å². The summed E-state index contributed by atoms with van der Waals surface area (Å²) < 4.78 is 5.89. The second-order valence-electron chi connectivity index (χ2n) is 10.2. The van der Waals surface area contributed by atoms with Crippen LogP contribution in [-0.4, -0.2) is 23.9 Å². The van der Waals surface area contributed by atoms with Gasteiger partial charge in [-0.15, -0.1) is 0 Å². The SMILES string of the molecule is COC1CC[C@H]2[C@@H]3CCC4CC(C)(O)CC[C@]4(C)[C@@H]3CC[C@]12C. The molecule has 23 heavy (non-hydrogen) atoms. The largest absolute Gasteiger partial charge is 0.390 e. The van der Waals surface area contributed by atoms with Crippen LogP contribution in [-0.2, 0) is 4.74 Å². The fourth-order valence-corrected chi connectivity index (χ4v) is 7.77. The van der Waals surface area contributed by atoms with Crippen molar-refractivity contribution in [2.24, 2.45) is 34.5 Å². The fraction of sp³-hybridized carbons (Fsp3) is 1.00. The van der Waals surface area contributed by atoms with Gasteiger partial charge in [0.2, 0.25) is 0 Å². The van der Waals surface area contributed by atoms with Crippen molar-refractivity contribution in [2.75, 3.05) is 7.11 Å². The summed E-state index contributed by atoms with van der Waals surface area (Å²) in [6.07, 6.45) is 11.9. The predicted molar refractivity (Wildman–Crippen MR) is 93.1 cm³/mol. The summed E-state index contributed by atoms with van der Waals surface area (Å²) in [5.41, 5.74) is 0.506. The van der Waals surface area contributed by atoms with Crippen LogP contribution in [0.1, 0.15) is 78.6 Å². The highest BCUT2D eigenvalue weighted by atomic mass is 16.5. The van der Waals surface area contributed by atoms with Gasteiger partial charge in [-0.1, -0.05) is 13.8 Å². The molecule has 3 unspecified atom stereocenters. The van der Waals surface area contributed by atoms with Gasteiger partial charge in [-0.05, 0) is 99.2 Å². The predicted octanol–water partition coefficient (Wildman–Crippen LogP) is 4.80. The van der Waals surface area contributed by atoms with Crippen molar-refractivity contribution >= 4 is 0 Å². The van der Waals surface area contributed by atoms with Crippen LogP contribution in [0.15, 0.2) is 0 Å². The van der Waals surface area contributed by atoms with Crippen molar-refractivity contribution in [1.29, 1.82) is 0 Å². The Hall–Kier alpha value is -0.0800. The Labute approximate surface area is 142 Å². The quantitative estimate of drug-likeness (QED) is 0.752. The van der Waals surface area contributed by atoms with Gasteiger partial charge in [-0.25, -0.2) is 0 Å². The van der Waals surface area contributed by atoms with E-state index in [1.54, 1.807) is 0 Å². The molecule has 0 bridgehead atoms. The van der Waals surface area contributed by atoms with Gasteiger partial charge < -0.3 is 9.84 Å². The van der Waals surface area contributed by atoms with Crippen LogP contribution in [0.2, 0.25) is 0 Å². The molecule has 0 radical (unpaired) electrons. The van der Waals surface area contributed by atoms with E-state index in [0.29, 0.717) is 16.9 Å². The fourth-order valence-electron chi connectivity index (χ4n) is 7.77. The Kier molecular flexibility index (Phi) is 3.71. The molecule has 0 aromatic carbocycles. The molecule has 4 rings (SSSR count). The number of ether oxygens (including phenoxy) is 1. The molecule has 0 saturated heterocycles. The minimum absolute atomic E-state index is 0.408. The molecule has 4 fully saturated rings. The van der Waals surface area contributed by atoms with Crippen LogP contribution in [0, 0.1) is 34.5 Å². The Bertz CT molecular complexity index is 472. The van der Waals surface area contributed by atoms with E-state index in [1.165, 1.54) is 44.9 Å². The zero-order valence-corrected chi connectivity index (χ0v) is 15.6. The van der Waals surface area contributed by atoms with Crippen LogP contribution in [0.25, 0.3) is 0 Å². The maximum atomic E-state index is 10.6. The molecule has 4 saturated carbocycles. The van der Waals surface area contributed by atoms with Crippen molar-refractivity contribution in [1.82, 2.24) is 0 Å². The maximum absolute atomic E-state index is 10.6. The van der Waals surface area contributed by atoms with Crippen LogP contribution < -0.4 is 0 Å². The zero-order chi connectivity index (χ0) is 16.5. The summed E-state index contributed by atoms with van der Waals surface area (Å²) in [4.78, 5) is 0. The highest BCUT2D eigenvalue weighted by Gasteiger charge is 2.61. The lowest BCUT2D eigenvalue weighted by Gasteiger charge is -2.61. The molecule has 2 nitrogen and oxygen atoms in total. The molecule has 2 heteroatoms.